The van der Waals surface area contributed by atoms with E-state index in [1.165, 1.54) is 0 Å². The molecule has 0 aliphatic carbocycles. The van der Waals surface area contributed by atoms with E-state index in [0.29, 0.717) is 12.5 Å². The molecule has 1 rings (SSSR count). The standard InChI is InChI=1S/C13H22N2O2/c1-9(2)10(3)15-13(16)8-14-11(4)12-6-5-7-17-12/h5-7,9-11,14H,8H2,1-4H3,(H,15,16)/t10?,11-/m0/s1. The predicted octanol–water partition coefficient (Wildman–Crippen LogP) is 2.09. The fourth-order valence-electron chi connectivity index (χ4n) is 1.36. The SMILES string of the molecule is CC(C)C(C)NC(=O)CN[C@@H](C)c1ccco1. The van der Waals surface area contributed by atoms with Crippen LogP contribution in [-0.2, 0) is 4.79 Å². The van der Waals surface area contributed by atoms with E-state index in [2.05, 4.69) is 24.5 Å². The van der Waals surface area contributed by atoms with Crippen LogP contribution in [0.4, 0.5) is 0 Å². The Morgan fingerprint density at radius 3 is 2.59 bits per heavy atom. The number of hydrogen-bond donors (Lipinski definition) is 2. The molecule has 4 nitrogen and oxygen atoms in total. The first-order chi connectivity index (χ1) is 8.00. The molecule has 17 heavy (non-hydrogen) atoms. The molecule has 0 saturated heterocycles. The summed E-state index contributed by atoms with van der Waals surface area (Å²) in [5.74, 6) is 1.31. The van der Waals surface area contributed by atoms with Gasteiger partial charge >= 0.3 is 0 Å². The molecule has 1 aromatic rings. The molecule has 1 aromatic heterocycles. The highest BCUT2D eigenvalue weighted by atomic mass is 16.3. The molecule has 1 unspecified atom stereocenters. The summed E-state index contributed by atoms with van der Waals surface area (Å²) in [6.45, 7) is 8.46. The summed E-state index contributed by atoms with van der Waals surface area (Å²) in [7, 11) is 0. The first-order valence-corrected chi connectivity index (χ1v) is 6.07. The highest BCUT2D eigenvalue weighted by molar-refractivity contribution is 5.78. The highest BCUT2D eigenvalue weighted by Crippen LogP contribution is 2.11. The minimum absolute atomic E-state index is 0.0182. The maximum atomic E-state index is 11.6. The molecule has 1 heterocycles. The van der Waals surface area contributed by atoms with Gasteiger partial charge in [0.25, 0.3) is 0 Å². The number of carbonyl (C=O) groups excluding carboxylic acids is 1. The number of hydrogen-bond acceptors (Lipinski definition) is 3. The third-order valence-corrected chi connectivity index (χ3v) is 2.93. The van der Waals surface area contributed by atoms with Crippen LogP contribution in [-0.4, -0.2) is 18.5 Å². The van der Waals surface area contributed by atoms with Crippen LogP contribution in [0, 0.1) is 5.92 Å². The molecule has 0 bridgehead atoms. The van der Waals surface area contributed by atoms with E-state index in [1.54, 1.807) is 6.26 Å². The van der Waals surface area contributed by atoms with Crippen molar-refractivity contribution in [3.63, 3.8) is 0 Å². The van der Waals surface area contributed by atoms with Crippen molar-refractivity contribution in [2.75, 3.05) is 6.54 Å². The Hall–Kier alpha value is -1.29. The lowest BCUT2D eigenvalue weighted by Gasteiger charge is -2.18. The van der Waals surface area contributed by atoms with Gasteiger partial charge in [-0.05, 0) is 31.9 Å². The Kier molecular flexibility index (Phi) is 5.22. The van der Waals surface area contributed by atoms with Crippen molar-refractivity contribution >= 4 is 5.91 Å². The van der Waals surface area contributed by atoms with Crippen molar-refractivity contribution < 1.29 is 9.21 Å². The van der Waals surface area contributed by atoms with Gasteiger partial charge in [0, 0.05) is 6.04 Å². The molecular formula is C13H22N2O2. The van der Waals surface area contributed by atoms with E-state index in [-0.39, 0.29) is 18.0 Å². The second kappa shape index (κ2) is 6.45. The Labute approximate surface area is 103 Å². The molecule has 0 aliphatic rings. The van der Waals surface area contributed by atoms with Gasteiger partial charge in [0.15, 0.2) is 0 Å². The van der Waals surface area contributed by atoms with Crippen LogP contribution in [0.15, 0.2) is 22.8 Å². The summed E-state index contributed by atoms with van der Waals surface area (Å²) in [6.07, 6.45) is 1.63. The second-order valence-corrected chi connectivity index (χ2v) is 4.72. The van der Waals surface area contributed by atoms with Gasteiger partial charge in [0.05, 0.1) is 18.8 Å². The lowest BCUT2D eigenvalue weighted by atomic mass is 10.1. The molecule has 0 aromatic carbocycles. The maximum Gasteiger partial charge on any atom is 0.234 e. The molecule has 0 aliphatic heterocycles. The molecule has 4 heteroatoms. The first kappa shape index (κ1) is 13.8. The van der Waals surface area contributed by atoms with Crippen LogP contribution in [0.2, 0.25) is 0 Å². The average molecular weight is 238 g/mol. The Balaban J connectivity index is 2.29. The van der Waals surface area contributed by atoms with Crippen molar-refractivity contribution in [1.29, 1.82) is 0 Å². The number of nitrogens with one attached hydrogen (secondary N) is 2. The van der Waals surface area contributed by atoms with Gasteiger partial charge in [-0.1, -0.05) is 13.8 Å². The van der Waals surface area contributed by atoms with Gasteiger partial charge in [0.2, 0.25) is 5.91 Å². The zero-order valence-corrected chi connectivity index (χ0v) is 11.0. The van der Waals surface area contributed by atoms with Crippen LogP contribution >= 0.6 is 0 Å². The van der Waals surface area contributed by atoms with Crippen molar-refractivity contribution in [1.82, 2.24) is 10.6 Å². The van der Waals surface area contributed by atoms with E-state index < -0.39 is 0 Å². The monoisotopic (exact) mass is 238 g/mol. The van der Waals surface area contributed by atoms with E-state index in [9.17, 15) is 4.79 Å². The third-order valence-electron chi connectivity index (χ3n) is 2.93. The first-order valence-electron chi connectivity index (χ1n) is 6.07. The maximum absolute atomic E-state index is 11.6. The Morgan fingerprint density at radius 2 is 2.06 bits per heavy atom. The van der Waals surface area contributed by atoms with E-state index in [4.69, 9.17) is 4.42 Å². The van der Waals surface area contributed by atoms with Crippen LogP contribution in [0.25, 0.3) is 0 Å². The van der Waals surface area contributed by atoms with Crippen molar-refractivity contribution in [3.05, 3.63) is 24.2 Å². The largest absolute Gasteiger partial charge is 0.468 e. The van der Waals surface area contributed by atoms with E-state index in [1.807, 2.05) is 26.0 Å². The summed E-state index contributed by atoms with van der Waals surface area (Å²) in [4.78, 5) is 11.6. The molecule has 96 valence electrons. The van der Waals surface area contributed by atoms with Gasteiger partial charge in [-0.3, -0.25) is 10.1 Å². The van der Waals surface area contributed by atoms with E-state index >= 15 is 0 Å². The van der Waals surface area contributed by atoms with Gasteiger partial charge in [0.1, 0.15) is 5.76 Å². The lowest BCUT2D eigenvalue weighted by molar-refractivity contribution is -0.121. The molecule has 2 N–H and O–H groups in total. The van der Waals surface area contributed by atoms with Gasteiger partial charge in [-0.2, -0.15) is 0 Å². The predicted molar refractivity (Wildman–Crippen MR) is 67.6 cm³/mol. The van der Waals surface area contributed by atoms with Gasteiger partial charge in [-0.25, -0.2) is 0 Å². The molecule has 0 fully saturated rings. The van der Waals surface area contributed by atoms with Crippen molar-refractivity contribution in [2.24, 2.45) is 5.92 Å². The molecule has 0 spiro atoms. The minimum atomic E-state index is 0.0182. The van der Waals surface area contributed by atoms with Crippen molar-refractivity contribution in [3.8, 4) is 0 Å². The molecule has 1 amide bonds. The van der Waals surface area contributed by atoms with Crippen LogP contribution in [0.5, 0.6) is 0 Å². The summed E-state index contributed by atoms with van der Waals surface area (Å²) in [6, 6.07) is 3.98. The molecule has 2 atom stereocenters. The zero-order valence-electron chi connectivity index (χ0n) is 11.0. The highest BCUT2D eigenvalue weighted by Gasteiger charge is 2.13. The quantitative estimate of drug-likeness (QED) is 0.798. The number of furan rings is 1. The Bertz CT molecular complexity index is 333. The minimum Gasteiger partial charge on any atom is -0.468 e. The summed E-state index contributed by atoms with van der Waals surface area (Å²) in [5.41, 5.74) is 0. The number of amides is 1. The average Bonchev–Trinajstić information content (AvgIpc) is 2.79. The second-order valence-electron chi connectivity index (χ2n) is 4.72. The van der Waals surface area contributed by atoms with Gasteiger partial charge < -0.3 is 9.73 Å². The van der Waals surface area contributed by atoms with Crippen LogP contribution < -0.4 is 10.6 Å². The van der Waals surface area contributed by atoms with Crippen molar-refractivity contribution in [2.45, 2.75) is 39.8 Å². The summed E-state index contributed by atoms with van der Waals surface area (Å²) >= 11 is 0. The van der Waals surface area contributed by atoms with Crippen LogP contribution in [0.3, 0.4) is 0 Å². The fraction of sp³-hybridized carbons (Fsp3) is 0.615. The normalized spacial score (nSPS) is 14.6. The fourth-order valence-corrected chi connectivity index (χ4v) is 1.36. The summed E-state index contributed by atoms with van der Waals surface area (Å²) < 4.78 is 5.25. The molecule has 0 saturated carbocycles. The number of carbonyl (C=O) groups is 1. The smallest absolute Gasteiger partial charge is 0.234 e. The third kappa shape index (κ3) is 4.61. The lowest BCUT2D eigenvalue weighted by Crippen LogP contribution is -2.41. The van der Waals surface area contributed by atoms with Crippen LogP contribution in [0.1, 0.15) is 39.5 Å². The molecular weight excluding hydrogens is 216 g/mol. The molecule has 0 radical (unpaired) electrons. The summed E-state index contributed by atoms with van der Waals surface area (Å²) in [5, 5.41) is 6.07. The zero-order chi connectivity index (χ0) is 12.8. The number of rotatable bonds is 6. The van der Waals surface area contributed by atoms with Gasteiger partial charge in [-0.15, -0.1) is 0 Å². The van der Waals surface area contributed by atoms with E-state index in [0.717, 1.165) is 5.76 Å². The Morgan fingerprint density at radius 1 is 1.35 bits per heavy atom. The topological polar surface area (TPSA) is 54.3 Å².